The second-order valence-electron chi connectivity index (χ2n) is 7.99. The molecule has 6 nitrogen and oxygen atoms in total. The van der Waals surface area contributed by atoms with E-state index in [-0.39, 0.29) is 11.6 Å². The lowest BCUT2D eigenvalue weighted by Gasteiger charge is -2.39. The second-order valence-corrected chi connectivity index (χ2v) is 7.99. The second kappa shape index (κ2) is 7.08. The lowest BCUT2D eigenvalue weighted by Crippen LogP contribution is -2.49. The molecule has 4 rings (SSSR count). The van der Waals surface area contributed by atoms with Gasteiger partial charge >= 0.3 is 0 Å². The van der Waals surface area contributed by atoms with Gasteiger partial charge in [0, 0.05) is 51.4 Å². The normalized spacial score (nSPS) is 31.2. The number of carbonyl (C=O) groups excluding carboxylic acids is 1. The van der Waals surface area contributed by atoms with Crippen molar-refractivity contribution in [3.05, 3.63) is 18.2 Å². The van der Waals surface area contributed by atoms with Crippen molar-refractivity contribution in [3.8, 4) is 0 Å². The van der Waals surface area contributed by atoms with Crippen molar-refractivity contribution in [2.45, 2.75) is 63.1 Å². The number of amides is 1. The number of carbonyl (C=O) groups is 1. The molecule has 1 amide bonds. The number of hydrogen-bond acceptors (Lipinski definition) is 4. The number of nitrogens with zero attached hydrogens (tertiary/aromatic N) is 4. The topological polar surface area (TPSA) is 50.6 Å². The van der Waals surface area contributed by atoms with Crippen LogP contribution in [0.25, 0.3) is 0 Å². The minimum absolute atomic E-state index is 0.0737. The Labute approximate surface area is 150 Å². The number of aryl methyl sites for hydroxylation is 1. The molecular formula is C19H30N4O2. The largest absolute Gasteiger partial charge is 0.376 e. The monoisotopic (exact) mass is 346 g/mol. The molecule has 0 aliphatic carbocycles. The Morgan fingerprint density at radius 3 is 2.96 bits per heavy atom. The van der Waals surface area contributed by atoms with Crippen LogP contribution in [0.1, 0.15) is 50.6 Å². The third-order valence-corrected chi connectivity index (χ3v) is 6.40. The number of rotatable bonds is 4. The molecule has 0 unspecified atom stereocenters. The maximum Gasteiger partial charge on any atom is 0.223 e. The summed E-state index contributed by atoms with van der Waals surface area (Å²) >= 11 is 0. The molecule has 2 atom stereocenters. The van der Waals surface area contributed by atoms with Gasteiger partial charge in [-0.15, -0.1) is 0 Å². The van der Waals surface area contributed by atoms with E-state index in [0.29, 0.717) is 12.3 Å². The van der Waals surface area contributed by atoms with Crippen molar-refractivity contribution in [1.82, 2.24) is 19.4 Å². The van der Waals surface area contributed by atoms with Crippen LogP contribution in [0.15, 0.2) is 12.5 Å². The molecule has 0 radical (unpaired) electrons. The van der Waals surface area contributed by atoms with E-state index in [1.54, 1.807) is 0 Å². The highest BCUT2D eigenvalue weighted by Crippen LogP contribution is 2.40. The van der Waals surface area contributed by atoms with Gasteiger partial charge in [0.05, 0.1) is 18.1 Å². The first-order valence-electron chi connectivity index (χ1n) is 9.76. The Kier molecular flexibility index (Phi) is 4.82. The summed E-state index contributed by atoms with van der Waals surface area (Å²) in [6.07, 6.45) is 11.4. The summed E-state index contributed by atoms with van der Waals surface area (Å²) in [5.74, 6) is 0.343. The Hall–Kier alpha value is -1.40. The minimum atomic E-state index is 0.0737. The first-order valence-corrected chi connectivity index (χ1v) is 9.76. The maximum absolute atomic E-state index is 12.6. The Morgan fingerprint density at radius 1 is 1.28 bits per heavy atom. The van der Waals surface area contributed by atoms with Gasteiger partial charge in [-0.05, 0) is 45.1 Å². The number of ether oxygens (including phenoxy) is 1. The van der Waals surface area contributed by atoms with E-state index in [1.165, 1.54) is 5.69 Å². The summed E-state index contributed by atoms with van der Waals surface area (Å²) in [6.45, 7) is 4.78. The predicted octanol–water partition coefficient (Wildman–Crippen LogP) is 1.95. The lowest BCUT2D eigenvalue weighted by atomic mass is 9.87. The molecule has 1 spiro atoms. The van der Waals surface area contributed by atoms with Crippen LogP contribution in [0.2, 0.25) is 0 Å². The first-order chi connectivity index (χ1) is 12.2. The van der Waals surface area contributed by atoms with E-state index in [0.717, 1.165) is 71.3 Å². The van der Waals surface area contributed by atoms with Gasteiger partial charge in [0.1, 0.15) is 0 Å². The van der Waals surface area contributed by atoms with E-state index in [9.17, 15) is 4.79 Å². The highest BCUT2D eigenvalue weighted by Gasteiger charge is 2.46. The molecule has 4 heterocycles. The molecule has 1 aromatic rings. The smallest absolute Gasteiger partial charge is 0.223 e. The van der Waals surface area contributed by atoms with E-state index < -0.39 is 0 Å². The molecule has 0 bridgehead atoms. The van der Waals surface area contributed by atoms with E-state index in [1.807, 2.05) is 12.5 Å². The van der Waals surface area contributed by atoms with Crippen LogP contribution in [-0.2, 0) is 23.1 Å². The van der Waals surface area contributed by atoms with Crippen LogP contribution in [0.4, 0.5) is 0 Å². The molecular weight excluding hydrogens is 316 g/mol. The third-order valence-electron chi connectivity index (χ3n) is 6.40. The molecule has 3 fully saturated rings. The van der Waals surface area contributed by atoms with Crippen molar-refractivity contribution >= 4 is 5.91 Å². The van der Waals surface area contributed by atoms with Crippen molar-refractivity contribution in [2.24, 2.45) is 7.05 Å². The van der Waals surface area contributed by atoms with E-state index in [4.69, 9.17) is 4.74 Å². The van der Waals surface area contributed by atoms with Crippen molar-refractivity contribution in [3.63, 3.8) is 0 Å². The molecule has 138 valence electrons. The van der Waals surface area contributed by atoms with Gasteiger partial charge in [-0.2, -0.15) is 0 Å². The lowest BCUT2D eigenvalue weighted by molar-refractivity contribution is -0.133. The van der Waals surface area contributed by atoms with Crippen LogP contribution in [0.5, 0.6) is 0 Å². The summed E-state index contributed by atoms with van der Waals surface area (Å²) in [5, 5.41) is 0. The Morgan fingerprint density at radius 2 is 2.20 bits per heavy atom. The summed E-state index contributed by atoms with van der Waals surface area (Å²) in [5.41, 5.74) is 1.33. The minimum Gasteiger partial charge on any atom is -0.376 e. The number of hydrogen-bond donors (Lipinski definition) is 0. The fourth-order valence-electron chi connectivity index (χ4n) is 4.84. The van der Waals surface area contributed by atoms with Crippen LogP contribution in [0.3, 0.4) is 0 Å². The quantitative estimate of drug-likeness (QED) is 0.836. The average Bonchev–Trinajstić information content (AvgIpc) is 3.28. The molecule has 6 heteroatoms. The molecule has 3 aliphatic rings. The van der Waals surface area contributed by atoms with E-state index in [2.05, 4.69) is 26.4 Å². The molecule has 0 N–H and O–H groups in total. The summed E-state index contributed by atoms with van der Waals surface area (Å²) in [6, 6.07) is 0. The SMILES string of the molecule is Cn1cncc1CN1CCC[C@]2(CCC(=O)N2C[C@@H]2CCCO2)CC1. The zero-order valence-corrected chi connectivity index (χ0v) is 15.3. The molecule has 3 saturated heterocycles. The fourth-order valence-corrected chi connectivity index (χ4v) is 4.84. The summed E-state index contributed by atoms with van der Waals surface area (Å²) in [7, 11) is 2.06. The zero-order chi connectivity index (χ0) is 17.3. The van der Waals surface area contributed by atoms with Crippen LogP contribution >= 0.6 is 0 Å². The molecule has 0 aromatic carbocycles. The van der Waals surface area contributed by atoms with Gasteiger partial charge in [0.2, 0.25) is 5.91 Å². The Bertz CT molecular complexity index is 610. The average molecular weight is 346 g/mol. The summed E-state index contributed by atoms with van der Waals surface area (Å²) < 4.78 is 7.92. The van der Waals surface area contributed by atoms with Gasteiger partial charge in [0.15, 0.2) is 0 Å². The first kappa shape index (κ1) is 17.0. The van der Waals surface area contributed by atoms with Gasteiger partial charge in [0.25, 0.3) is 0 Å². The maximum atomic E-state index is 12.6. The van der Waals surface area contributed by atoms with Gasteiger partial charge in [-0.25, -0.2) is 4.98 Å². The standard InChI is InChI=1S/C19H30N4O2/c1-21-15-20-12-16(21)13-22-9-3-6-19(8-10-22)7-5-18(24)23(19)14-17-4-2-11-25-17/h12,15,17H,2-11,13-14H2,1H3/t17-,19-/m0/s1. The summed E-state index contributed by atoms with van der Waals surface area (Å²) in [4.78, 5) is 21.5. The van der Waals surface area contributed by atoms with Gasteiger partial charge in [-0.3, -0.25) is 9.69 Å². The zero-order valence-electron chi connectivity index (χ0n) is 15.3. The van der Waals surface area contributed by atoms with Crippen molar-refractivity contribution < 1.29 is 9.53 Å². The Balaban J connectivity index is 1.42. The van der Waals surface area contributed by atoms with Crippen LogP contribution < -0.4 is 0 Å². The highest BCUT2D eigenvalue weighted by molar-refractivity contribution is 5.79. The van der Waals surface area contributed by atoms with Crippen LogP contribution in [-0.4, -0.2) is 63.1 Å². The number of aromatic nitrogens is 2. The van der Waals surface area contributed by atoms with Crippen LogP contribution in [0, 0.1) is 0 Å². The number of imidazole rings is 1. The predicted molar refractivity (Wildman–Crippen MR) is 95.0 cm³/mol. The van der Waals surface area contributed by atoms with Gasteiger partial charge in [-0.1, -0.05) is 0 Å². The fraction of sp³-hybridized carbons (Fsp3) is 0.789. The highest BCUT2D eigenvalue weighted by atomic mass is 16.5. The number of likely N-dealkylation sites (tertiary alicyclic amines) is 2. The molecule has 3 aliphatic heterocycles. The van der Waals surface area contributed by atoms with Gasteiger partial charge < -0.3 is 14.2 Å². The molecule has 1 aromatic heterocycles. The molecule has 0 saturated carbocycles. The van der Waals surface area contributed by atoms with Crippen molar-refractivity contribution in [1.29, 1.82) is 0 Å². The van der Waals surface area contributed by atoms with E-state index >= 15 is 0 Å². The van der Waals surface area contributed by atoms with Crippen molar-refractivity contribution in [2.75, 3.05) is 26.2 Å². The third kappa shape index (κ3) is 3.47. The molecule has 25 heavy (non-hydrogen) atoms.